The van der Waals surface area contributed by atoms with Crippen molar-refractivity contribution in [2.75, 3.05) is 19.6 Å². The molecule has 7 nitrogen and oxygen atoms in total. The number of amides is 2. The fourth-order valence-electron chi connectivity index (χ4n) is 3.41. The van der Waals surface area contributed by atoms with E-state index in [4.69, 9.17) is 0 Å². The summed E-state index contributed by atoms with van der Waals surface area (Å²) in [4.78, 5) is 14.8. The Morgan fingerprint density at radius 3 is 2.42 bits per heavy atom. The summed E-state index contributed by atoms with van der Waals surface area (Å²) in [5.74, 6) is 1.26. The Balaban J connectivity index is 1.84. The fraction of sp³-hybridized carbons (Fsp3) is 0.824. The number of rotatable bonds is 6. The van der Waals surface area contributed by atoms with Gasteiger partial charge in [-0.3, -0.25) is 4.90 Å². The first kappa shape index (κ1) is 18.7. The number of hydrogen-bond acceptors (Lipinski definition) is 4. The Kier molecular flexibility index (Phi) is 7.02. The first-order chi connectivity index (χ1) is 11.5. The molecule has 0 saturated carbocycles. The lowest BCUT2D eigenvalue weighted by atomic mass is 10.0. The summed E-state index contributed by atoms with van der Waals surface area (Å²) in [5, 5.41) is 13.9. The standard InChI is InChI=1S/C17H32N6O/c1-13(2)15(23-9-7-5-6-8-10-23)11-18-17(24)20-14(3)16-21-19-12-22(16)4/h12-15H,5-11H2,1-4H3,(H2,18,20,24). The lowest BCUT2D eigenvalue weighted by Crippen LogP contribution is -2.49. The van der Waals surface area contributed by atoms with Crippen molar-refractivity contribution in [3.05, 3.63) is 12.2 Å². The molecule has 0 radical (unpaired) electrons. The number of nitrogens with one attached hydrogen (secondary N) is 2. The van der Waals surface area contributed by atoms with Crippen molar-refractivity contribution < 1.29 is 4.79 Å². The summed E-state index contributed by atoms with van der Waals surface area (Å²) in [5.41, 5.74) is 0. The van der Waals surface area contributed by atoms with E-state index in [1.54, 1.807) is 6.33 Å². The van der Waals surface area contributed by atoms with Crippen LogP contribution in [0.5, 0.6) is 0 Å². The van der Waals surface area contributed by atoms with Crippen LogP contribution in [0.4, 0.5) is 4.79 Å². The molecule has 2 amide bonds. The van der Waals surface area contributed by atoms with Crippen molar-refractivity contribution in [2.24, 2.45) is 13.0 Å². The number of aromatic nitrogens is 3. The molecular formula is C17H32N6O. The number of hydrogen-bond donors (Lipinski definition) is 2. The second-order valence-electron chi connectivity index (χ2n) is 7.14. The molecule has 1 fully saturated rings. The first-order valence-corrected chi connectivity index (χ1v) is 9.11. The molecular weight excluding hydrogens is 304 g/mol. The average Bonchev–Trinajstić information content (AvgIpc) is 2.79. The van der Waals surface area contributed by atoms with Crippen LogP contribution in [0.1, 0.15) is 58.3 Å². The molecule has 2 N–H and O–H groups in total. The molecule has 24 heavy (non-hydrogen) atoms. The Morgan fingerprint density at radius 2 is 1.88 bits per heavy atom. The highest BCUT2D eigenvalue weighted by molar-refractivity contribution is 5.74. The lowest BCUT2D eigenvalue weighted by molar-refractivity contribution is 0.156. The zero-order valence-corrected chi connectivity index (χ0v) is 15.5. The highest BCUT2D eigenvalue weighted by atomic mass is 16.2. The maximum Gasteiger partial charge on any atom is 0.315 e. The Hall–Kier alpha value is -1.63. The van der Waals surface area contributed by atoms with Gasteiger partial charge in [-0.15, -0.1) is 10.2 Å². The van der Waals surface area contributed by atoms with Crippen molar-refractivity contribution in [3.63, 3.8) is 0 Å². The molecule has 1 aromatic rings. The highest BCUT2D eigenvalue weighted by Crippen LogP contribution is 2.17. The van der Waals surface area contributed by atoms with Crippen LogP contribution in [0.15, 0.2) is 6.33 Å². The van der Waals surface area contributed by atoms with Gasteiger partial charge >= 0.3 is 6.03 Å². The van der Waals surface area contributed by atoms with E-state index in [1.807, 2.05) is 18.5 Å². The van der Waals surface area contributed by atoms with Crippen molar-refractivity contribution in [1.82, 2.24) is 30.3 Å². The quantitative estimate of drug-likeness (QED) is 0.834. The summed E-state index contributed by atoms with van der Waals surface area (Å²) >= 11 is 0. The predicted octanol–water partition coefficient (Wildman–Crippen LogP) is 2.08. The zero-order chi connectivity index (χ0) is 17.5. The van der Waals surface area contributed by atoms with E-state index in [9.17, 15) is 4.79 Å². The summed E-state index contributed by atoms with van der Waals surface area (Å²) in [6.45, 7) is 9.34. The van der Waals surface area contributed by atoms with Crippen molar-refractivity contribution in [1.29, 1.82) is 0 Å². The number of nitrogens with zero attached hydrogens (tertiary/aromatic N) is 4. The van der Waals surface area contributed by atoms with Gasteiger partial charge in [-0.25, -0.2) is 4.79 Å². The number of urea groups is 1. The molecule has 2 heterocycles. The average molecular weight is 336 g/mol. The van der Waals surface area contributed by atoms with Gasteiger partial charge in [-0.2, -0.15) is 0 Å². The molecule has 1 aliphatic heterocycles. The molecule has 0 aromatic carbocycles. The fourth-order valence-corrected chi connectivity index (χ4v) is 3.41. The van der Waals surface area contributed by atoms with Crippen molar-refractivity contribution >= 4 is 6.03 Å². The second-order valence-corrected chi connectivity index (χ2v) is 7.14. The third kappa shape index (κ3) is 5.19. The second kappa shape index (κ2) is 9.01. The number of carbonyl (C=O) groups excluding carboxylic acids is 1. The van der Waals surface area contributed by atoms with Crippen LogP contribution >= 0.6 is 0 Å². The van der Waals surface area contributed by atoms with Gasteiger partial charge in [0, 0.05) is 19.6 Å². The van der Waals surface area contributed by atoms with Crippen LogP contribution in [0.2, 0.25) is 0 Å². The summed E-state index contributed by atoms with van der Waals surface area (Å²) in [7, 11) is 1.87. The predicted molar refractivity (Wildman–Crippen MR) is 94.6 cm³/mol. The minimum atomic E-state index is -0.173. The largest absolute Gasteiger partial charge is 0.337 e. The van der Waals surface area contributed by atoms with E-state index >= 15 is 0 Å². The molecule has 2 atom stereocenters. The Labute approximate surface area is 145 Å². The number of carbonyl (C=O) groups is 1. The van der Waals surface area contributed by atoms with Gasteiger partial charge < -0.3 is 15.2 Å². The van der Waals surface area contributed by atoms with Crippen LogP contribution in [-0.4, -0.2) is 51.4 Å². The minimum Gasteiger partial charge on any atom is -0.337 e. The maximum atomic E-state index is 12.2. The third-order valence-electron chi connectivity index (χ3n) is 4.83. The van der Waals surface area contributed by atoms with E-state index in [0.29, 0.717) is 18.5 Å². The van der Waals surface area contributed by atoms with E-state index in [1.165, 1.54) is 25.7 Å². The van der Waals surface area contributed by atoms with Crippen molar-refractivity contribution in [2.45, 2.75) is 58.5 Å². The normalized spacial score (nSPS) is 18.9. The van der Waals surface area contributed by atoms with Crippen LogP contribution < -0.4 is 10.6 Å². The van der Waals surface area contributed by atoms with Gasteiger partial charge in [-0.05, 0) is 38.8 Å². The Morgan fingerprint density at radius 1 is 1.21 bits per heavy atom. The van der Waals surface area contributed by atoms with Gasteiger partial charge in [0.05, 0.1) is 6.04 Å². The zero-order valence-electron chi connectivity index (χ0n) is 15.5. The van der Waals surface area contributed by atoms with E-state index in [0.717, 1.165) is 18.9 Å². The summed E-state index contributed by atoms with van der Waals surface area (Å²) in [6.07, 6.45) is 6.81. The van der Waals surface area contributed by atoms with Gasteiger partial charge in [0.2, 0.25) is 0 Å². The van der Waals surface area contributed by atoms with Crippen molar-refractivity contribution in [3.8, 4) is 0 Å². The molecule has 0 spiro atoms. The molecule has 2 rings (SSSR count). The molecule has 0 aliphatic carbocycles. The lowest BCUT2D eigenvalue weighted by Gasteiger charge is -2.33. The van der Waals surface area contributed by atoms with E-state index < -0.39 is 0 Å². The molecule has 1 aliphatic rings. The van der Waals surface area contributed by atoms with Gasteiger partial charge in [0.25, 0.3) is 0 Å². The molecule has 7 heteroatoms. The molecule has 1 aromatic heterocycles. The monoisotopic (exact) mass is 336 g/mol. The van der Waals surface area contributed by atoms with Crippen LogP contribution in [-0.2, 0) is 7.05 Å². The third-order valence-corrected chi connectivity index (χ3v) is 4.83. The maximum absolute atomic E-state index is 12.2. The molecule has 1 saturated heterocycles. The molecule has 136 valence electrons. The van der Waals surface area contributed by atoms with Gasteiger partial charge in [-0.1, -0.05) is 26.7 Å². The van der Waals surface area contributed by atoms with Gasteiger partial charge in [0.15, 0.2) is 5.82 Å². The van der Waals surface area contributed by atoms with Crippen LogP contribution in [0.3, 0.4) is 0 Å². The molecule has 0 bridgehead atoms. The van der Waals surface area contributed by atoms with Crippen LogP contribution in [0.25, 0.3) is 0 Å². The topological polar surface area (TPSA) is 75.1 Å². The first-order valence-electron chi connectivity index (χ1n) is 9.11. The SMILES string of the molecule is CC(NC(=O)NCC(C(C)C)N1CCCCCC1)c1nncn1C. The summed E-state index contributed by atoms with van der Waals surface area (Å²) < 4.78 is 1.82. The summed E-state index contributed by atoms with van der Waals surface area (Å²) in [6, 6.07) is 0.0677. The minimum absolute atomic E-state index is 0.147. The van der Waals surface area contributed by atoms with E-state index in [-0.39, 0.29) is 12.1 Å². The smallest absolute Gasteiger partial charge is 0.315 e. The molecule has 2 unspecified atom stereocenters. The van der Waals surface area contributed by atoms with Crippen LogP contribution in [0, 0.1) is 5.92 Å². The van der Waals surface area contributed by atoms with E-state index in [2.05, 4.69) is 39.6 Å². The Bertz CT molecular complexity index is 507. The highest BCUT2D eigenvalue weighted by Gasteiger charge is 2.23. The number of likely N-dealkylation sites (tertiary alicyclic amines) is 1. The number of aryl methyl sites for hydroxylation is 1. The van der Waals surface area contributed by atoms with Gasteiger partial charge in [0.1, 0.15) is 6.33 Å².